The number of halogens is 1. The van der Waals surface area contributed by atoms with Gasteiger partial charge in [-0.15, -0.1) is 0 Å². The quantitative estimate of drug-likeness (QED) is 0.253. The van der Waals surface area contributed by atoms with Gasteiger partial charge in [0.1, 0.15) is 5.58 Å². The van der Waals surface area contributed by atoms with Crippen molar-refractivity contribution >= 4 is 46.0 Å². The van der Waals surface area contributed by atoms with Crippen LogP contribution in [0.25, 0.3) is 17.0 Å². The third-order valence-corrected chi connectivity index (χ3v) is 5.61. The molecule has 0 spiro atoms. The first-order valence-electron chi connectivity index (χ1n) is 10.6. The summed E-state index contributed by atoms with van der Waals surface area (Å²) in [6.07, 6.45) is 3.19. The molecule has 0 saturated carbocycles. The van der Waals surface area contributed by atoms with Crippen LogP contribution in [0.15, 0.2) is 83.3 Å². The molecular weight excluding hydrogens is 434 g/mol. The van der Waals surface area contributed by atoms with E-state index in [0.29, 0.717) is 27.2 Å². The Bertz CT molecular complexity index is 1340. The van der Waals surface area contributed by atoms with Crippen LogP contribution >= 0.6 is 11.6 Å². The Morgan fingerprint density at radius 3 is 2.24 bits per heavy atom. The highest BCUT2D eigenvalue weighted by molar-refractivity contribution is 6.30. The molecule has 1 amide bonds. The summed E-state index contributed by atoms with van der Waals surface area (Å²) in [5, 5.41) is 4.03. The van der Waals surface area contributed by atoms with E-state index >= 15 is 0 Å². The van der Waals surface area contributed by atoms with Crippen LogP contribution in [0, 0.1) is 0 Å². The molecule has 1 heterocycles. The lowest BCUT2D eigenvalue weighted by atomic mass is 9.87. The Kier molecular flexibility index (Phi) is 6.21. The summed E-state index contributed by atoms with van der Waals surface area (Å²) < 4.78 is 5.83. The van der Waals surface area contributed by atoms with Gasteiger partial charge in [0.2, 0.25) is 11.7 Å². The van der Waals surface area contributed by atoms with Crippen molar-refractivity contribution in [2.75, 3.05) is 5.32 Å². The fourth-order valence-corrected chi connectivity index (χ4v) is 3.62. The number of para-hydroxylation sites is 1. The molecule has 4 aromatic rings. The molecule has 0 bridgehead atoms. The average molecular weight is 458 g/mol. The molecule has 0 fully saturated rings. The predicted octanol–water partition coefficient (Wildman–Crippen LogP) is 7.27. The number of ketones is 1. The second-order valence-corrected chi connectivity index (χ2v) is 9.27. The molecule has 3 aromatic carbocycles. The van der Waals surface area contributed by atoms with E-state index in [-0.39, 0.29) is 22.9 Å². The van der Waals surface area contributed by atoms with Crippen LogP contribution in [0.2, 0.25) is 5.02 Å². The Labute approximate surface area is 197 Å². The smallest absolute Gasteiger partial charge is 0.248 e. The van der Waals surface area contributed by atoms with Gasteiger partial charge in [-0.3, -0.25) is 9.59 Å². The summed E-state index contributed by atoms with van der Waals surface area (Å²) >= 11 is 5.94. The number of hydrogen-bond donors (Lipinski definition) is 1. The van der Waals surface area contributed by atoms with E-state index in [1.165, 1.54) is 11.6 Å². The average Bonchev–Trinajstić information content (AvgIpc) is 3.16. The van der Waals surface area contributed by atoms with Crippen LogP contribution < -0.4 is 5.32 Å². The molecule has 33 heavy (non-hydrogen) atoms. The molecule has 1 N–H and O–H groups in total. The van der Waals surface area contributed by atoms with Crippen LogP contribution in [0.4, 0.5) is 5.69 Å². The van der Waals surface area contributed by atoms with Crippen LogP contribution in [0.1, 0.15) is 48.0 Å². The minimum Gasteiger partial charge on any atom is -0.450 e. The Hall–Kier alpha value is -3.63. The highest BCUT2D eigenvalue weighted by Crippen LogP contribution is 2.33. The molecule has 0 aliphatic heterocycles. The number of amides is 1. The number of rotatable bonds is 5. The number of anilines is 1. The van der Waals surface area contributed by atoms with Crippen LogP contribution in [0.3, 0.4) is 0 Å². The van der Waals surface area contributed by atoms with E-state index in [0.717, 1.165) is 5.56 Å². The second-order valence-electron chi connectivity index (χ2n) is 8.83. The standard InChI is InChI=1S/C28H24ClNO3/c1-28(2,3)20-13-8-18(9-14-20)10-17-24(31)30-25-22-6-4-5-7-23(22)33-27(25)26(32)19-11-15-21(29)16-12-19/h4-17H,1-3H3,(H,30,31)/b17-10+. The van der Waals surface area contributed by atoms with Crippen molar-refractivity contribution < 1.29 is 14.0 Å². The molecular formula is C28H24ClNO3. The van der Waals surface area contributed by atoms with Gasteiger partial charge >= 0.3 is 0 Å². The summed E-state index contributed by atoms with van der Waals surface area (Å²) in [5.41, 5.74) is 3.49. The van der Waals surface area contributed by atoms with Crippen molar-refractivity contribution in [1.82, 2.24) is 0 Å². The minimum atomic E-state index is -0.355. The van der Waals surface area contributed by atoms with E-state index in [1.807, 2.05) is 30.3 Å². The largest absolute Gasteiger partial charge is 0.450 e. The number of nitrogens with one attached hydrogen (secondary N) is 1. The van der Waals surface area contributed by atoms with E-state index < -0.39 is 0 Å². The zero-order valence-corrected chi connectivity index (χ0v) is 19.4. The second kappa shape index (κ2) is 9.08. The first-order chi connectivity index (χ1) is 15.7. The van der Waals surface area contributed by atoms with Gasteiger partial charge in [0.05, 0.1) is 5.69 Å². The SMILES string of the molecule is CC(C)(C)c1ccc(/C=C/C(=O)Nc2c(C(=O)c3ccc(Cl)cc3)oc3ccccc23)cc1. The van der Waals surface area contributed by atoms with Gasteiger partial charge in [-0.1, -0.05) is 68.8 Å². The maximum atomic E-state index is 13.1. The maximum Gasteiger partial charge on any atom is 0.248 e. The van der Waals surface area contributed by atoms with Gasteiger partial charge in [-0.25, -0.2) is 0 Å². The van der Waals surface area contributed by atoms with Gasteiger partial charge in [-0.2, -0.15) is 0 Å². The molecule has 0 saturated heterocycles. The fraction of sp³-hybridized carbons (Fsp3) is 0.143. The molecule has 0 aliphatic carbocycles. The molecule has 4 nitrogen and oxygen atoms in total. The number of hydrogen-bond acceptors (Lipinski definition) is 3. The lowest BCUT2D eigenvalue weighted by Crippen LogP contribution is -2.11. The first kappa shape index (κ1) is 22.6. The predicted molar refractivity (Wildman–Crippen MR) is 134 cm³/mol. The zero-order chi connectivity index (χ0) is 23.6. The van der Waals surface area contributed by atoms with Gasteiger partial charge in [0.15, 0.2) is 5.76 Å². The van der Waals surface area contributed by atoms with E-state index in [2.05, 4.69) is 38.2 Å². The maximum absolute atomic E-state index is 13.1. The number of benzene rings is 3. The van der Waals surface area contributed by atoms with Gasteiger partial charge in [0, 0.05) is 22.0 Å². The topological polar surface area (TPSA) is 59.3 Å². The third kappa shape index (κ3) is 5.07. The lowest BCUT2D eigenvalue weighted by Gasteiger charge is -2.18. The van der Waals surface area contributed by atoms with Crippen molar-refractivity contribution in [3.8, 4) is 0 Å². The lowest BCUT2D eigenvalue weighted by molar-refractivity contribution is -0.111. The summed E-state index contributed by atoms with van der Waals surface area (Å²) in [6.45, 7) is 6.47. The molecule has 0 unspecified atom stereocenters. The summed E-state index contributed by atoms with van der Waals surface area (Å²) in [4.78, 5) is 25.9. The van der Waals surface area contributed by atoms with Gasteiger partial charge in [0.25, 0.3) is 0 Å². The first-order valence-corrected chi connectivity index (χ1v) is 11.0. The summed E-state index contributed by atoms with van der Waals surface area (Å²) in [7, 11) is 0. The third-order valence-electron chi connectivity index (χ3n) is 5.36. The Morgan fingerprint density at radius 1 is 0.909 bits per heavy atom. The number of carbonyl (C=O) groups excluding carboxylic acids is 2. The van der Waals surface area contributed by atoms with Crippen molar-refractivity contribution in [1.29, 1.82) is 0 Å². The van der Waals surface area contributed by atoms with Crippen LogP contribution in [-0.2, 0) is 10.2 Å². The molecule has 0 aliphatic rings. The van der Waals surface area contributed by atoms with Crippen molar-refractivity contribution in [3.05, 3.63) is 106 Å². The molecule has 1 aromatic heterocycles. The summed E-state index contributed by atoms with van der Waals surface area (Å²) in [6, 6.07) is 21.8. The molecule has 0 atom stereocenters. The molecule has 0 radical (unpaired) electrons. The normalized spacial score (nSPS) is 11.8. The van der Waals surface area contributed by atoms with E-state index in [9.17, 15) is 9.59 Å². The molecule has 166 valence electrons. The summed E-state index contributed by atoms with van der Waals surface area (Å²) in [5.74, 6) is -0.610. The highest BCUT2D eigenvalue weighted by atomic mass is 35.5. The zero-order valence-electron chi connectivity index (χ0n) is 18.7. The number of fused-ring (bicyclic) bond motifs is 1. The Morgan fingerprint density at radius 2 is 1.58 bits per heavy atom. The highest BCUT2D eigenvalue weighted by Gasteiger charge is 2.23. The van der Waals surface area contributed by atoms with Gasteiger partial charge < -0.3 is 9.73 Å². The molecule has 5 heteroatoms. The molecule has 4 rings (SSSR count). The van der Waals surface area contributed by atoms with Crippen LogP contribution in [0.5, 0.6) is 0 Å². The number of furan rings is 1. The monoisotopic (exact) mass is 457 g/mol. The minimum absolute atomic E-state index is 0.0645. The van der Waals surface area contributed by atoms with Crippen molar-refractivity contribution in [2.24, 2.45) is 0 Å². The van der Waals surface area contributed by atoms with Gasteiger partial charge in [-0.05, 0) is 59.0 Å². The van der Waals surface area contributed by atoms with E-state index in [4.69, 9.17) is 16.0 Å². The Balaban J connectivity index is 1.60. The van der Waals surface area contributed by atoms with Crippen LogP contribution in [-0.4, -0.2) is 11.7 Å². The van der Waals surface area contributed by atoms with Crippen molar-refractivity contribution in [3.63, 3.8) is 0 Å². The van der Waals surface area contributed by atoms with E-state index in [1.54, 1.807) is 36.4 Å². The van der Waals surface area contributed by atoms with Crippen molar-refractivity contribution in [2.45, 2.75) is 26.2 Å². The fourth-order valence-electron chi connectivity index (χ4n) is 3.49. The number of carbonyl (C=O) groups is 2.